The van der Waals surface area contributed by atoms with E-state index in [0.29, 0.717) is 46.6 Å². The minimum Gasteiger partial charge on any atom is -0.425 e. The molecule has 1 aliphatic heterocycles. The molecule has 1 aliphatic rings. The summed E-state index contributed by atoms with van der Waals surface area (Å²) in [5.74, 6) is -4.15. The van der Waals surface area contributed by atoms with Gasteiger partial charge in [-0.2, -0.15) is 18.2 Å². The molecule has 1 aromatic carbocycles. The Balaban J connectivity index is 2.12. The highest BCUT2D eigenvalue weighted by molar-refractivity contribution is 5.85. The second-order valence-electron chi connectivity index (χ2n) is 8.09. The molecule has 3 heterocycles. The number of halogens is 3. The molecule has 3 aromatic rings. The number of para-hydroxylation sites is 1. The fourth-order valence-electron chi connectivity index (χ4n) is 4.04. The first-order valence-corrected chi connectivity index (χ1v) is 11.0. The lowest BCUT2D eigenvalue weighted by Gasteiger charge is -2.29. The number of imidazole rings is 1. The lowest BCUT2D eigenvalue weighted by molar-refractivity contribution is -0.209. The van der Waals surface area contributed by atoms with Crippen molar-refractivity contribution in [1.29, 1.82) is 0 Å². The van der Waals surface area contributed by atoms with Gasteiger partial charge in [0.25, 0.3) is 17.7 Å². The predicted molar refractivity (Wildman–Crippen MR) is 126 cm³/mol. The average molecular weight is 521 g/mol. The number of aromatic nitrogens is 4. The Morgan fingerprint density at radius 1 is 1.22 bits per heavy atom. The van der Waals surface area contributed by atoms with Crippen molar-refractivity contribution in [1.82, 2.24) is 24.0 Å². The summed E-state index contributed by atoms with van der Waals surface area (Å²) < 4.78 is 45.5. The number of anilines is 1. The van der Waals surface area contributed by atoms with Gasteiger partial charge in [-0.15, -0.1) is 0 Å². The second-order valence-corrected chi connectivity index (χ2v) is 8.09. The molecule has 0 saturated carbocycles. The van der Waals surface area contributed by atoms with E-state index < -0.39 is 41.2 Å². The smallest absolute Gasteiger partial charge is 0.425 e. The van der Waals surface area contributed by atoms with Crippen LogP contribution in [-0.4, -0.2) is 62.9 Å². The van der Waals surface area contributed by atoms with E-state index in [9.17, 15) is 32.3 Å². The number of ether oxygens (including phenoxy) is 1. The van der Waals surface area contributed by atoms with Gasteiger partial charge < -0.3 is 20.7 Å². The van der Waals surface area contributed by atoms with Crippen LogP contribution in [0.25, 0.3) is 22.9 Å². The topological polar surface area (TPSA) is 146 Å². The predicted octanol–water partition coefficient (Wildman–Crippen LogP) is 0.0279. The van der Waals surface area contributed by atoms with Gasteiger partial charge in [0, 0.05) is 33.2 Å². The molecule has 0 radical (unpaired) electrons. The minimum atomic E-state index is -5.48. The molecule has 4 rings (SSSR count). The molecule has 1 atom stereocenters. The van der Waals surface area contributed by atoms with Gasteiger partial charge in [-0.3, -0.25) is 18.7 Å². The number of rotatable bonds is 6. The lowest BCUT2D eigenvalue weighted by Crippen LogP contribution is -2.45. The summed E-state index contributed by atoms with van der Waals surface area (Å²) in [7, 11) is 1.06. The Labute approximate surface area is 206 Å². The number of alkyl halides is 3. The summed E-state index contributed by atoms with van der Waals surface area (Å²) in [5.41, 5.74) is 3.41. The largest absolute Gasteiger partial charge is 0.491 e. The number of carbonyl (C=O) groups is 2. The number of primary amides is 1. The summed E-state index contributed by atoms with van der Waals surface area (Å²) in [6.07, 6.45) is -6.49. The third kappa shape index (κ3) is 4.48. The fourth-order valence-corrected chi connectivity index (χ4v) is 4.04. The molecule has 37 heavy (non-hydrogen) atoms. The summed E-state index contributed by atoms with van der Waals surface area (Å²) in [4.78, 5) is 56.5. The lowest BCUT2D eigenvalue weighted by atomic mass is 10.1. The van der Waals surface area contributed by atoms with Gasteiger partial charge in [-0.05, 0) is 11.6 Å². The molecular weight excluding hydrogens is 499 g/mol. The molecule has 1 saturated heterocycles. The Morgan fingerprint density at radius 3 is 2.46 bits per heavy atom. The van der Waals surface area contributed by atoms with Gasteiger partial charge in [-0.1, -0.05) is 30.9 Å². The summed E-state index contributed by atoms with van der Waals surface area (Å²) in [6.45, 7) is 5.77. The van der Waals surface area contributed by atoms with Crippen LogP contribution in [0.3, 0.4) is 0 Å². The second kappa shape index (κ2) is 9.57. The fraction of sp³-hybridized carbons (Fsp3) is 0.318. The number of carbonyl (C=O) groups excluding carboxylic acids is 2. The average Bonchev–Trinajstić information content (AvgIpc) is 3.26. The molecule has 0 aliphatic carbocycles. The number of piperazine rings is 1. The van der Waals surface area contributed by atoms with Gasteiger partial charge in [0.2, 0.25) is 5.95 Å². The van der Waals surface area contributed by atoms with Crippen LogP contribution in [0.5, 0.6) is 0 Å². The first-order valence-electron chi connectivity index (χ1n) is 11.0. The number of nitrogens with two attached hydrogens (primary N) is 1. The Hall–Kier alpha value is -4.40. The molecule has 196 valence electrons. The third-order valence-corrected chi connectivity index (χ3v) is 5.80. The van der Waals surface area contributed by atoms with E-state index in [1.54, 1.807) is 29.2 Å². The van der Waals surface area contributed by atoms with E-state index in [1.807, 2.05) is 0 Å². The molecule has 0 spiro atoms. The standard InChI is InChI=1S/C22H22F3N7O5/c1-3-12-6-4-5-7-13(12)31-14-16(28-20(31)30-10-8-27-9-11-30)32(21(36)29(2)17(14)34)18(15(26)33)37-19(35)22(23,24)25/h3-7,18,27H,1,8-11H2,2H3,(H2,26,33). The molecule has 12 nitrogen and oxygen atoms in total. The van der Waals surface area contributed by atoms with Gasteiger partial charge in [0.1, 0.15) is 0 Å². The van der Waals surface area contributed by atoms with E-state index >= 15 is 0 Å². The van der Waals surface area contributed by atoms with Crippen LogP contribution in [0.15, 0.2) is 40.4 Å². The maximum absolute atomic E-state index is 13.4. The van der Waals surface area contributed by atoms with Gasteiger partial charge in [0.15, 0.2) is 11.2 Å². The number of benzene rings is 1. The number of hydrogen-bond donors (Lipinski definition) is 2. The first-order chi connectivity index (χ1) is 17.5. The van der Waals surface area contributed by atoms with Gasteiger partial charge in [0.05, 0.1) is 5.69 Å². The summed E-state index contributed by atoms with van der Waals surface area (Å²) in [5, 5.41) is 3.17. The molecule has 1 fully saturated rings. The number of fused-ring (bicyclic) bond motifs is 1. The highest BCUT2D eigenvalue weighted by Gasteiger charge is 2.44. The van der Waals surface area contributed by atoms with Crippen LogP contribution < -0.4 is 27.2 Å². The number of esters is 1. The zero-order valence-corrected chi connectivity index (χ0v) is 19.5. The van der Waals surface area contributed by atoms with E-state index in [-0.39, 0.29) is 11.5 Å². The maximum atomic E-state index is 13.4. The Kier molecular flexibility index (Phi) is 6.64. The summed E-state index contributed by atoms with van der Waals surface area (Å²) >= 11 is 0. The van der Waals surface area contributed by atoms with E-state index in [4.69, 9.17) is 5.73 Å². The number of hydrogen-bond acceptors (Lipinski definition) is 8. The highest BCUT2D eigenvalue weighted by Crippen LogP contribution is 2.29. The number of nitrogens with zero attached hydrogens (tertiary/aromatic N) is 5. The Bertz CT molecular complexity index is 1520. The van der Waals surface area contributed by atoms with Crippen molar-refractivity contribution in [2.45, 2.75) is 12.4 Å². The maximum Gasteiger partial charge on any atom is 0.491 e. The molecule has 1 amide bonds. The van der Waals surface area contributed by atoms with Crippen LogP contribution in [0.1, 0.15) is 11.8 Å². The van der Waals surface area contributed by atoms with E-state index in [2.05, 4.69) is 21.6 Å². The summed E-state index contributed by atoms with van der Waals surface area (Å²) in [6, 6.07) is 6.80. The van der Waals surface area contributed by atoms with Crippen LogP contribution >= 0.6 is 0 Å². The van der Waals surface area contributed by atoms with E-state index in [1.165, 1.54) is 10.6 Å². The normalized spacial score (nSPS) is 15.0. The third-order valence-electron chi connectivity index (χ3n) is 5.80. The van der Waals surface area contributed by atoms with E-state index in [0.717, 1.165) is 7.05 Å². The van der Waals surface area contributed by atoms with Gasteiger partial charge in [-0.25, -0.2) is 14.2 Å². The van der Waals surface area contributed by atoms with Crippen LogP contribution in [0.4, 0.5) is 19.1 Å². The van der Waals surface area contributed by atoms with Crippen LogP contribution in [0, 0.1) is 0 Å². The number of amides is 1. The molecule has 3 N–H and O–H groups in total. The van der Waals surface area contributed by atoms with Crippen molar-refractivity contribution in [3.8, 4) is 5.69 Å². The molecule has 0 bridgehead atoms. The van der Waals surface area contributed by atoms with Crippen molar-refractivity contribution in [2.24, 2.45) is 12.8 Å². The van der Waals surface area contributed by atoms with Crippen molar-refractivity contribution in [3.63, 3.8) is 0 Å². The molecule has 2 aromatic heterocycles. The van der Waals surface area contributed by atoms with Crippen LogP contribution in [-0.2, 0) is 21.4 Å². The monoisotopic (exact) mass is 521 g/mol. The zero-order chi connectivity index (χ0) is 27.1. The van der Waals surface area contributed by atoms with Crippen LogP contribution in [0.2, 0.25) is 0 Å². The molecular formula is C22H22F3N7O5. The van der Waals surface area contributed by atoms with Crippen molar-refractivity contribution < 1.29 is 27.5 Å². The Morgan fingerprint density at radius 2 is 1.86 bits per heavy atom. The molecule has 1 unspecified atom stereocenters. The van der Waals surface area contributed by atoms with Crippen molar-refractivity contribution in [2.75, 3.05) is 31.1 Å². The van der Waals surface area contributed by atoms with Crippen molar-refractivity contribution in [3.05, 3.63) is 57.2 Å². The highest BCUT2D eigenvalue weighted by atomic mass is 19.4. The quantitative estimate of drug-likeness (QED) is 0.432. The first kappa shape index (κ1) is 25.7. The zero-order valence-electron chi connectivity index (χ0n) is 19.5. The van der Waals surface area contributed by atoms with Gasteiger partial charge >= 0.3 is 17.8 Å². The van der Waals surface area contributed by atoms with Crippen molar-refractivity contribution >= 4 is 35.1 Å². The number of nitrogens with one attached hydrogen (secondary N) is 1. The molecule has 15 heteroatoms. The SMILES string of the molecule is C=Cc1ccccc1-n1c(N2CCNCC2)nc2c1c(=O)n(C)c(=O)n2C(OC(=O)C(F)(F)F)C(N)=O. The minimum absolute atomic E-state index is 0.174.